The molecule has 20 heavy (non-hydrogen) atoms. The van der Waals surface area contributed by atoms with Crippen LogP contribution >= 0.6 is 11.8 Å². The van der Waals surface area contributed by atoms with Gasteiger partial charge in [-0.2, -0.15) is 13.2 Å². The van der Waals surface area contributed by atoms with Crippen molar-refractivity contribution < 1.29 is 18.3 Å². The Labute approximate surface area is 118 Å². The maximum absolute atomic E-state index is 12.6. The number of aryl methyl sites for hydroxylation is 1. The third kappa shape index (κ3) is 3.55. The molecule has 1 N–H and O–H groups in total. The van der Waals surface area contributed by atoms with E-state index in [0.717, 1.165) is 12.1 Å². The monoisotopic (exact) mass is 302 g/mol. The number of imidazole rings is 1. The molecule has 7 heteroatoms. The van der Waals surface area contributed by atoms with Crippen LogP contribution in [0.5, 0.6) is 0 Å². The van der Waals surface area contributed by atoms with Crippen LogP contribution in [0.15, 0.2) is 41.8 Å². The molecule has 0 saturated carbocycles. The summed E-state index contributed by atoms with van der Waals surface area (Å²) in [5, 5.41) is 10.7. The summed E-state index contributed by atoms with van der Waals surface area (Å²) < 4.78 is 39.6. The van der Waals surface area contributed by atoms with Gasteiger partial charge in [0.05, 0.1) is 11.7 Å². The zero-order chi connectivity index (χ0) is 14.8. The van der Waals surface area contributed by atoms with E-state index in [2.05, 4.69) is 4.98 Å². The number of benzene rings is 1. The van der Waals surface area contributed by atoms with Crippen molar-refractivity contribution in [2.24, 2.45) is 7.05 Å². The first kappa shape index (κ1) is 14.9. The van der Waals surface area contributed by atoms with E-state index in [4.69, 9.17) is 0 Å². The maximum atomic E-state index is 12.6. The van der Waals surface area contributed by atoms with Crippen molar-refractivity contribution in [1.82, 2.24) is 9.55 Å². The summed E-state index contributed by atoms with van der Waals surface area (Å²) in [7, 11) is 1.81. The Morgan fingerprint density at radius 2 is 2.15 bits per heavy atom. The Hall–Kier alpha value is -1.47. The van der Waals surface area contributed by atoms with Crippen LogP contribution in [-0.4, -0.2) is 20.4 Å². The van der Waals surface area contributed by atoms with Crippen molar-refractivity contribution in [3.63, 3.8) is 0 Å². The van der Waals surface area contributed by atoms with Crippen LogP contribution in [0.25, 0.3) is 0 Å². The van der Waals surface area contributed by atoms with Gasteiger partial charge in [-0.3, -0.25) is 0 Å². The number of alkyl halides is 3. The maximum Gasteiger partial charge on any atom is 0.416 e. The number of aliphatic hydroxyl groups excluding tert-OH is 1. The standard InChI is InChI=1S/C13H13F3N2OS/c1-18-6-5-17-12(18)20-8-11(19)9-3-2-4-10(7-9)13(14,15)16/h2-7,11,19H,8H2,1H3. The molecule has 1 aromatic carbocycles. The predicted octanol–water partition coefficient (Wildman–Crippen LogP) is 3.26. The lowest BCUT2D eigenvalue weighted by Gasteiger charge is -2.13. The quantitative estimate of drug-likeness (QED) is 0.881. The van der Waals surface area contributed by atoms with Crippen LogP contribution in [0.2, 0.25) is 0 Å². The lowest BCUT2D eigenvalue weighted by molar-refractivity contribution is -0.137. The first-order valence-corrected chi connectivity index (χ1v) is 6.82. The summed E-state index contributed by atoms with van der Waals surface area (Å²) in [6.07, 6.45) is -1.99. The van der Waals surface area contributed by atoms with Crippen LogP contribution < -0.4 is 0 Å². The third-order valence-electron chi connectivity index (χ3n) is 2.75. The van der Waals surface area contributed by atoms with Crippen molar-refractivity contribution in [2.45, 2.75) is 17.4 Å². The average Bonchev–Trinajstić information content (AvgIpc) is 2.81. The molecule has 0 fully saturated rings. The number of hydrogen-bond acceptors (Lipinski definition) is 3. The second kappa shape index (κ2) is 5.88. The van der Waals surface area contributed by atoms with Crippen LogP contribution in [0.4, 0.5) is 13.2 Å². The molecular weight excluding hydrogens is 289 g/mol. The van der Waals surface area contributed by atoms with E-state index in [1.807, 2.05) is 7.05 Å². The van der Waals surface area contributed by atoms with Crippen LogP contribution in [-0.2, 0) is 13.2 Å². The van der Waals surface area contributed by atoms with Crippen LogP contribution in [0, 0.1) is 0 Å². The van der Waals surface area contributed by atoms with Gasteiger partial charge in [0.2, 0.25) is 0 Å². The highest BCUT2D eigenvalue weighted by Gasteiger charge is 2.30. The molecule has 0 spiro atoms. The van der Waals surface area contributed by atoms with Gasteiger partial charge >= 0.3 is 6.18 Å². The first-order chi connectivity index (χ1) is 9.38. The average molecular weight is 302 g/mol. The van der Waals surface area contributed by atoms with E-state index < -0.39 is 17.8 Å². The minimum Gasteiger partial charge on any atom is -0.388 e. The minimum absolute atomic E-state index is 0.242. The molecule has 0 amide bonds. The van der Waals surface area contributed by atoms with E-state index in [0.29, 0.717) is 5.16 Å². The number of halogens is 3. The van der Waals surface area contributed by atoms with Crippen LogP contribution in [0.1, 0.15) is 17.2 Å². The van der Waals surface area contributed by atoms with Crippen LogP contribution in [0.3, 0.4) is 0 Å². The molecule has 1 unspecified atom stereocenters. The van der Waals surface area contributed by atoms with Crippen molar-refractivity contribution >= 4 is 11.8 Å². The molecule has 0 aliphatic carbocycles. The van der Waals surface area contributed by atoms with Gasteiger partial charge in [-0.05, 0) is 17.7 Å². The summed E-state index contributed by atoms with van der Waals surface area (Å²) in [4.78, 5) is 4.07. The van der Waals surface area contributed by atoms with E-state index in [1.165, 1.54) is 23.9 Å². The van der Waals surface area contributed by atoms with E-state index >= 15 is 0 Å². The van der Waals surface area contributed by atoms with Crippen molar-refractivity contribution in [3.05, 3.63) is 47.8 Å². The molecule has 0 radical (unpaired) electrons. The Morgan fingerprint density at radius 3 is 2.75 bits per heavy atom. The third-order valence-corrected chi connectivity index (χ3v) is 3.88. The first-order valence-electron chi connectivity index (χ1n) is 5.83. The molecule has 1 atom stereocenters. The lowest BCUT2D eigenvalue weighted by Crippen LogP contribution is -2.08. The Bertz CT molecular complexity index is 583. The highest BCUT2D eigenvalue weighted by Crippen LogP contribution is 2.31. The number of hydrogen-bond donors (Lipinski definition) is 1. The fraction of sp³-hybridized carbons (Fsp3) is 0.308. The van der Waals surface area contributed by atoms with Gasteiger partial charge in [-0.1, -0.05) is 23.9 Å². The minimum atomic E-state index is -4.40. The zero-order valence-electron chi connectivity index (χ0n) is 10.6. The number of thioether (sulfide) groups is 1. The number of rotatable bonds is 4. The molecule has 3 nitrogen and oxygen atoms in total. The molecule has 1 heterocycles. The van der Waals surface area contributed by atoms with E-state index in [-0.39, 0.29) is 11.3 Å². The van der Waals surface area contributed by atoms with E-state index in [1.54, 1.807) is 17.0 Å². The fourth-order valence-electron chi connectivity index (χ4n) is 1.66. The van der Waals surface area contributed by atoms with Gasteiger partial charge in [-0.25, -0.2) is 4.98 Å². The van der Waals surface area contributed by atoms with Gasteiger partial charge in [-0.15, -0.1) is 0 Å². The zero-order valence-corrected chi connectivity index (χ0v) is 11.4. The van der Waals surface area contributed by atoms with Crippen molar-refractivity contribution in [1.29, 1.82) is 0 Å². The van der Waals surface area contributed by atoms with Gasteiger partial charge in [0.1, 0.15) is 0 Å². The molecule has 2 aromatic rings. The SMILES string of the molecule is Cn1ccnc1SCC(O)c1cccc(C(F)(F)F)c1. The molecule has 2 rings (SSSR count). The number of aromatic nitrogens is 2. The second-order valence-corrected chi connectivity index (χ2v) is 5.26. The summed E-state index contributed by atoms with van der Waals surface area (Å²) >= 11 is 1.29. The molecule has 108 valence electrons. The molecule has 0 aliphatic heterocycles. The molecule has 0 aliphatic rings. The number of nitrogens with zero attached hydrogens (tertiary/aromatic N) is 2. The Balaban J connectivity index is 2.06. The molecule has 0 saturated heterocycles. The second-order valence-electron chi connectivity index (χ2n) is 4.27. The summed E-state index contributed by atoms with van der Waals surface area (Å²) in [5.41, 5.74) is -0.502. The molecule has 0 bridgehead atoms. The normalized spacial score (nSPS) is 13.4. The van der Waals surface area contributed by atoms with Gasteiger partial charge in [0.15, 0.2) is 5.16 Å². The van der Waals surface area contributed by atoms with Gasteiger partial charge in [0, 0.05) is 25.2 Å². The summed E-state index contributed by atoms with van der Waals surface area (Å²) in [6, 6.07) is 4.75. The largest absolute Gasteiger partial charge is 0.416 e. The summed E-state index contributed by atoms with van der Waals surface area (Å²) in [5.74, 6) is 0.242. The highest BCUT2D eigenvalue weighted by atomic mass is 32.2. The van der Waals surface area contributed by atoms with Gasteiger partial charge in [0.25, 0.3) is 0 Å². The van der Waals surface area contributed by atoms with E-state index in [9.17, 15) is 18.3 Å². The highest BCUT2D eigenvalue weighted by molar-refractivity contribution is 7.99. The number of aliphatic hydroxyl groups is 1. The molecular formula is C13H13F3N2OS. The predicted molar refractivity (Wildman–Crippen MR) is 70.3 cm³/mol. The smallest absolute Gasteiger partial charge is 0.388 e. The Morgan fingerprint density at radius 1 is 1.40 bits per heavy atom. The molecule has 1 aromatic heterocycles. The van der Waals surface area contributed by atoms with Gasteiger partial charge < -0.3 is 9.67 Å². The summed E-state index contributed by atoms with van der Waals surface area (Å²) in [6.45, 7) is 0. The topological polar surface area (TPSA) is 38.0 Å². The van der Waals surface area contributed by atoms with Crippen molar-refractivity contribution in [2.75, 3.05) is 5.75 Å². The fourth-order valence-corrected chi connectivity index (χ4v) is 2.56. The lowest BCUT2D eigenvalue weighted by atomic mass is 10.1. The Kier molecular flexibility index (Phi) is 4.39. The van der Waals surface area contributed by atoms with Crippen molar-refractivity contribution in [3.8, 4) is 0 Å².